The van der Waals surface area contributed by atoms with E-state index in [1.165, 1.54) is 14.0 Å². The van der Waals surface area contributed by atoms with Crippen LogP contribution in [0.15, 0.2) is 12.1 Å². The van der Waals surface area contributed by atoms with Crippen LogP contribution >= 0.6 is 0 Å². The second-order valence-corrected chi connectivity index (χ2v) is 3.08. The number of carbonyl (C=O) groups excluding carboxylic acids is 2. The van der Waals surface area contributed by atoms with Crippen LogP contribution in [-0.4, -0.2) is 19.2 Å². The predicted molar refractivity (Wildman–Crippen MR) is 53.1 cm³/mol. The van der Waals surface area contributed by atoms with Crippen LogP contribution in [0.4, 0.5) is 0 Å². The molecule has 0 aliphatic carbocycles. The molecule has 74 valence electrons. The summed E-state index contributed by atoms with van der Waals surface area (Å²) in [5, 5.41) is 0. The summed E-state index contributed by atoms with van der Waals surface area (Å²) in [5.74, 6) is 0.382. The van der Waals surface area contributed by atoms with Crippen LogP contribution in [0.25, 0.3) is 0 Å². The maximum Gasteiger partial charge on any atom is 0.163 e. The monoisotopic (exact) mass is 192 g/mol. The zero-order chi connectivity index (χ0) is 10.7. The fourth-order valence-corrected chi connectivity index (χ4v) is 1.27. The maximum atomic E-state index is 11.2. The molecule has 3 heteroatoms. The Bertz CT molecular complexity index is 380. The molecule has 0 N–H and O–H groups in total. The number of ether oxygens (including phenoxy) is 1. The lowest BCUT2D eigenvalue weighted by Gasteiger charge is -2.08. The highest BCUT2D eigenvalue weighted by molar-refractivity contribution is 5.98. The standard InChI is InChI=1S/C11H12O3/c1-7-4-10(8(2)13)11(14-3)5-9(7)6-12/h4-6H,1-3H3. The summed E-state index contributed by atoms with van der Waals surface area (Å²) in [5.41, 5.74) is 1.84. The molecule has 0 bridgehead atoms. The Hall–Kier alpha value is -1.64. The molecular formula is C11H12O3. The van der Waals surface area contributed by atoms with Crippen molar-refractivity contribution >= 4 is 12.1 Å². The molecule has 0 aliphatic heterocycles. The third-order valence-electron chi connectivity index (χ3n) is 2.09. The summed E-state index contributed by atoms with van der Waals surface area (Å²) in [7, 11) is 1.48. The van der Waals surface area contributed by atoms with Crippen LogP contribution in [0, 0.1) is 6.92 Å². The summed E-state index contributed by atoms with van der Waals surface area (Å²) in [4.78, 5) is 21.8. The Morgan fingerprint density at radius 1 is 1.43 bits per heavy atom. The van der Waals surface area contributed by atoms with Gasteiger partial charge in [-0.15, -0.1) is 0 Å². The van der Waals surface area contributed by atoms with Crippen LogP contribution in [-0.2, 0) is 0 Å². The van der Waals surface area contributed by atoms with Crippen LogP contribution in [0.1, 0.15) is 33.2 Å². The highest BCUT2D eigenvalue weighted by Crippen LogP contribution is 2.22. The largest absolute Gasteiger partial charge is 0.496 e. The van der Waals surface area contributed by atoms with Crippen molar-refractivity contribution in [3.05, 3.63) is 28.8 Å². The predicted octanol–water partition coefficient (Wildman–Crippen LogP) is 2.02. The van der Waals surface area contributed by atoms with Gasteiger partial charge in [-0.05, 0) is 31.5 Å². The summed E-state index contributed by atoms with van der Waals surface area (Å²) in [6.07, 6.45) is 0.752. The van der Waals surface area contributed by atoms with Gasteiger partial charge in [-0.1, -0.05) is 0 Å². The number of benzene rings is 1. The van der Waals surface area contributed by atoms with Crippen molar-refractivity contribution < 1.29 is 14.3 Å². The zero-order valence-corrected chi connectivity index (χ0v) is 8.46. The van der Waals surface area contributed by atoms with Gasteiger partial charge in [0, 0.05) is 5.56 Å². The Morgan fingerprint density at radius 2 is 2.07 bits per heavy atom. The highest BCUT2D eigenvalue weighted by Gasteiger charge is 2.10. The molecule has 3 nitrogen and oxygen atoms in total. The number of rotatable bonds is 3. The maximum absolute atomic E-state index is 11.2. The van der Waals surface area contributed by atoms with Crippen molar-refractivity contribution in [2.45, 2.75) is 13.8 Å². The minimum Gasteiger partial charge on any atom is -0.496 e. The Kier molecular flexibility index (Phi) is 3.02. The minimum absolute atomic E-state index is 0.0672. The summed E-state index contributed by atoms with van der Waals surface area (Å²) >= 11 is 0. The molecule has 0 aromatic heterocycles. The number of aryl methyl sites for hydroxylation is 1. The van der Waals surface area contributed by atoms with Crippen molar-refractivity contribution in [2.24, 2.45) is 0 Å². The first-order chi connectivity index (χ1) is 6.60. The number of ketones is 1. The van der Waals surface area contributed by atoms with Crippen LogP contribution < -0.4 is 4.74 Å². The number of hydrogen-bond donors (Lipinski definition) is 0. The Morgan fingerprint density at radius 3 is 2.50 bits per heavy atom. The third kappa shape index (κ3) is 1.82. The number of carbonyl (C=O) groups is 2. The van der Waals surface area contributed by atoms with E-state index in [-0.39, 0.29) is 5.78 Å². The van der Waals surface area contributed by atoms with E-state index in [1.54, 1.807) is 19.1 Å². The van der Waals surface area contributed by atoms with E-state index in [2.05, 4.69) is 0 Å². The van der Waals surface area contributed by atoms with E-state index in [4.69, 9.17) is 4.74 Å². The fourth-order valence-electron chi connectivity index (χ4n) is 1.27. The quantitative estimate of drug-likeness (QED) is 0.543. The first kappa shape index (κ1) is 10.4. The van der Waals surface area contributed by atoms with Crippen molar-refractivity contribution in [2.75, 3.05) is 7.11 Å². The molecule has 0 radical (unpaired) electrons. The molecule has 0 saturated carbocycles. The lowest BCUT2D eigenvalue weighted by molar-refractivity contribution is 0.101. The van der Waals surface area contributed by atoms with Gasteiger partial charge in [-0.2, -0.15) is 0 Å². The van der Waals surface area contributed by atoms with E-state index >= 15 is 0 Å². The fraction of sp³-hybridized carbons (Fsp3) is 0.273. The zero-order valence-electron chi connectivity index (χ0n) is 8.46. The molecule has 14 heavy (non-hydrogen) atoms. The Labute approximate surface area is 82.7 Å². The molecule has 1 rings (SSSR count). The van der Waals surface area contributed by atoms with E-state index < -0.39 is 0 Å². The van der Waals surface area contributed by atoms with Gasteiger partial charge in [0.15, 0.2) is 5.78 Å². The van der Waals surface area contributed by atoms with Crippen LogP contribution in [0.2, 0.25) is 0 Å². The lowest BCUT2D eigenvalue weighted by atomic mass is 10.0. The van der Waals surface area contributed by atoms with Crippen molar-refractivity contribution in [3.63, 3.8) is 0 Å². The van der Waals surface area contributed by atoms with Gasteiger partial charge in [0.25, 0.3) is 0 Å². The summed E-state index contributed by atoms with van der Waals surface area (Å²) in [6, 6.07) is 3.25. The number of hydrogen-bond acceptors (Lipinski definition) is 3. The van der Waals surface area contributed by atoms with Gasteiger partial charge in [0.05, 0.1) is 12.7 Å². The molecule has 1 aromatic rings. The van der Waals surface area contributed by atoms with Gasteiger partial charge >= 0.3 is 0 Å². The van der Waals surface area contributed by atoms with Gasteiger partial charge in [0.1, 0.15) is 12.0 Å². The van der Waals surface area contributed by atoms with E-state index in [0.29, 0.717) is 16.9 Å². The molecule has 0 spiro atoms. The summed E-state index contributed by atoms with van der Waals surface area (Å²) < 4.78 is 5.02. The van der Waals surface area contributed by atoms with E-state index in [1.807, 2.05) is 0 Å². The van der Waals surface area contributed by atoms with E-state index in [9.17, 15) is 9.59 Å². The van der Waals surface area contributed by atoms with E-state index in [0.717, 1.165) is 11.8 Å². The molecule has 0 unspecified atom stereocenters. The lowest BCUT2D eigenvalue weighted by Crippen LogP contribution is -2.00. The van der Waals surface area contributed by atoms with Gasteiger partial charge < -0.3 is 4.74 Å². The average molecular weight is 192 g/mol. The van der Waals surface area contributed by atoms with Crippen LogP contribution in [0.3, 0.4) is 0 Å². The molecule has 0 saturated heterocycles. The number of aldehydes is 1. The molecule has 0 fully saturated rings. The van der Waals surface area contributed by atoms with Crippen molar-refractivity contribution in [1.82, 2.24) is 0 Å². The molecular weight excluding hydrogens is 180 g/mol. The second-order valence-electron chi connectivity index (χ2n) is 3.08. The second kappa shape index (κ2) is 4.05. The normalized spacial score (nSPS) is 9.64. The summed E-state index contributed by atoms with van der Waals surface area (Å²) in [6.45, 7) is 3.26. The molecule has 0 heterocycles. The van der Waals surface area contributed by atoms with Crippen molar-refractivity contribution in [3.8, 4) is 5.75 Å². The SMILES string of the molecule is COc1cc(C=O)c(C)cc1C(C)=O. The molecule has 1 aromatic carbocycles. The Balaban J connectivity index is 3.38. The first-order valence-electron chi connectivity index (χ1n) is 4.25. The van der Waals surface area contributed by atoms with Gasteiger partial charge in [-0.3, -0.25) is 9.59 Å². The number of Topliss-reactive ketones (excluding diaryl/α,β-unsaturated/α-hetero) is 1. The minimum atomic E-state index is -0.0672. The molecule has 0 aliphatic rings. The van der Waals surface area contributed by atoms with Crippen molar-refractivity contribution in [1.29, 1.82) is 0 Å². The van der Waals surface area contributed by atoms with Gasteiger partial charge in [-0.25, -0.2) is 0 Å². The topological polar surface area (TPSA) is 43.4 Å². The number of methoxy groups -OCH3 is 1. The smallest absolute Gasteiger partial charge is 0.163 e. The molecule has 0 atom stereocenters. The first-order valence-corrected chi connectivity index (χ1v) is 4.25. The van der Waals surface area contributed by atoms with Gasteiger partial charge in [0.2, 0.25) is 0 Å². The average Bonchev–Trinajstić information content (AvgIpc) is 2.17. The highest BCUT2D eigenvalue weighted by atomic mass is 16.5. The van der Waals surface area contributed by atoms with Crippen LogP contribution in [0.5, 0.6) is 5.75 Å². The molecule has 0 amide bonds. The third-order valence-corrected chi connectivity index (χ3v) is 2.09.